The molecule has 21 rings (SSSR count). The predicted molar refractivity (Wildman–Crippen MR) is 437 cm³/mol. The van der Waals surface area contributed by atoms with Crippen LogP contribution in [0.25, 0.3) is 44.1 Å². The van der Waals surface area contributed by atoms with E-state index in [4.69, 9.17) is 96.9 Å². The minimum atomic E-state index is -1.50. The summed E-state index contributed by atoms with van der Waals surface area (Å²) in [6, 6.07) is 16.2. The Morgan fingerprint density at radius 3 is 1.14 bits per heavy atom. The van der Waals surface area contributed by atoms with Crippen LogP contribution in [0.4, 0.5) is 35.1 Å². The van der Waals surface area contributed by atoms with Gasteiger partial charge >= 0.3 is 0 Å². The summed E-state index contributed by atoms with van der Waals surface area (Å²) < 4.78 is 225. The summed E-state index contributed by atoms with van der Waals surface area (Å²) in [4.78, 5) is 34.1. The summed E-state index contributed by atoms with van der Waals surface area (Å²) in [5.41, 5.74) is 5.07. The van der Waals surface area contributed by atoms with Crippen LogP contribution in [0.5, 0.6) is 23.0 Å². The van der Waals surface area contributed by atoms with E-state index in [-0.39, 0.29) is 48.0 Å². The minimum absolute atomic E-state index is 0.00388. The van der Waals surface area contributed by atoms with E-state index in [0.29, 0.717) is 33.5 Å². The molecule has 0 bridgehead atoms. The Labute approximate surface area is 744 Å². The topological polar surface area (TPSA) is 370 Å². The molecule has 8 saturated heterocycles. The number of methoxy groups -OCH3 is 2. The minimum Gasteiger partial charge on any atom is -0.504 e. The van der Waals surface area contributed by atoms with Crippen LogP contribution in [0.3, 0.4) is 0 Å². The van der Waals surface area contributed by atoms with Crippen LogP contribution in [-0.4, -0.2) is 210 Å². The third-order valence-electron chi connectivity index (χ3n) is 23.9. The summed E-state index contributed by atoms with van der Waals surface area (Å²) in [7, 11) is 2.69. The fraction of sp³-hybridized carbons (Fsp3) is 0.455. The highest BCUT2D eigenvalue weighted by Gasteiger charge is 2.63. The van der Waals surface area contributed by atoms with E-state index in [1.54, 1.807) is 73.7 Å². The van der Waals surface area contributed by atoms with Gasteiger partial charge in [0.2, 0.25) is 23.3 Å². The van der Waals surface area contributed by atoms with Crippen LogP contribution < -0.4 is 14.2 Å². The molecule has 8 fully saturated rings. The second-order valence-electron chi connectivity index (χ2n) is 34.0. The number of benzene rings is 4. The van der Waals surface area contributed by atoms with Crippen LogP contribution in [-0.2, 0) is 71.1 Å². The maximum absolute atomic E-state index is 14.6. The first-order chi connectivity index (χ1) is 62.4. The quantitative estimate of drug-likeness (QED) is 0.0374. The molecule has 0 radical (unpaired) electrons. The lowest BCUT2D eigenvalue weighted by atomic mass is 9.97. The summed E-state index contributed by atoms with van der Waals surface area (Å²) >= 11 is 6.19. The van der Waals surface area contributed by atoms with Crippen molar-refractivity contribution in [1.29, 1.82) is 0 Å². The number of aromatic nitrogens is 12. The van der Waals surface area contributed by atoms with Crippen molar-refractivity contribution in [1.82, 2.24) is 58.1 Å². The molecule has 8 aromatic heterocycles. The number of phenolic OH excluding ortho intramolecular Hbond substituents is 1. The molecule has 17 heterocycles. The fourth-order valence-corrected chi connectivity index (χ4v) is 18.4. The van der Waals surface area contributed by atoms with Gasteiger partial charge in [0.1, 0.15) is 151 Å². The number of halogens is 9. The molecule has 0 unspecified atom stereocenters. The summed E-state index contributed by atoms with van der Waals surface area (Å²) in [6.07, 6.45) is -3.62. The molecule has 20 atom stereocenters. The Morgan fingerprint density at radius 1 is 0.397 bits per heavy atom. The van der Waals surface area contributed by atoms with Gasteiger partial charge in [-0.3, -0.25) is 0 Å². The average Bonchev–Trinajstić information content (AvgIpc) is 1.64. The normalized spacial score (nSPS) is 28.1. The second kappa shape index (κ2) is 35.2. The van der Waals surface area contributed by atoms with Crippen molar-refractivity contribution in [2.45, 2.75) is 222 Å². The zero-order chi connectivity index (χ0) is 92.7. The number of ether oxygens (including phenoxy) is 18. The molecule has 4 aromatic carbocycles. The Bertz CT molecular complexity index is 6130. The molecular formula is C88H89ClF8N12O22. The number of nitrogens with zero attached hydrogens (tertiary/aromatic N) is 12. The molecule has 43 heteroatoms. The summed E-state index contributed by atoms with van der Waals surface area (Å²) in [5, 5.41) is 47.1. The van der Waals surface area contributed by atoms with Gasteiger partial charge in [-0.2, -0.15) is 17.6 Å². The van der Waals surface area contributed by atoms with Crippen molar-refractivity contribution in [2.75, 3.05) is 34.6 Å². The molecule has 0 amide bonds. The van der Waals surface area contributed by atoms with Gasteiger partial charge in [-0.25, -0.2) is 57.4 Å². The van der Waals surface area contributed by atoms with Gasteiger partial charge in [-0.05, 0) is 149 Å². The Hall–Kier alpha value is -10.4. The van der Waals surface area contributed by atoms with E-state index in [0.717, 1.165) is 63.6 Å². The number of aliphatic hydroxyl groups excluding tert-OH is 3. The van der Waals surface area contributed by atoms with E-state index in [1.165, 1.54) is 57.7 Å². The number of hydrogen-bond donors (Lipinski definition) is 4. The van der Waals surface area contributed by atoms with Crippen LogP contribution in [0.2, 0.25) is 5.15 Å². The lowest BCUT2D eigenvalue weighted by molar-refractivity contribution is -0.218. The highest BCUT2D eigenvalue weighted by Crippen LogP contribution is 2.55. The van der Waals surface area contributed by atoms with Gasteiger partial charge in [0.25, 0.3) is 0 Å². The third-order valence-corrected chi connectivity index (χ3v) is 24.2. The molecule has 9 aliphatic rings. The Morgan fingerprint density at radius 2 is 0.725 bits per heavy atom. The van der Waals surface area contributed by atoms with Crippen LogP contribution in [0.15, 0.2) is 123 Å². The second-order valence-corrected chi connectivity index (χ2v) is 34.4. The molecule has 4 N–H and O–H groups in total. The van der Waals surface area contributed by atoms with Crippen molar-refractivity contribution >= 4 is 55.7 Å². The maximum atomic E-state index is 14.6. The van der Waals surface area contributed by atoms with Crippen LogP contribution in [0, 0.1) is 67.3 Å². The van der Waals surface area contributed by atoms with Crippen molar-refractivity contribution in [3.63, 3.8) is 0 Å². The summed E-state index contributed by atoms with van der Waals surface area (Å²) in [5.74, 6) is -15.2. The first-order valence-electron chi connectivity index (χ1n) is 41.4. The maximum Gasteiger partial charge on any atom is 0.201 e. The van der Waals surface area contributed by atoms with E-state index < -0.39 is 210 Å². The molecule has 0 spiro atoms. The van der Waals surface area contributed by atoms with E-state index >= 15 is 0 Å². The number of hydrogen-bond acceptors (Lipinski definition) is 30. The average molecular weight is 1850 g/mol. The van der Waals surface area contributed by atoms with E-state index in [9.17, 15) is 55.5 Å². The molecular weight excluding hydrogens is 1760 g/mol. The van der Waals surface area contributed by atoms with Crippen LogP contribution in [0.1, 0.15) is 144 Å². The molecule has 696 valence electrons. The Balaban J connectivity index is 0.000000117. The van der Waals surface area contributed by atoms with Crippen molar-refractivity contribution < 1.29 is 141 Å². The predicted octanol–water partition coefficient (Wildman–Crippen LogP) is 13.1. The van der Waals surface area contributed by atoms with Crippen molar-refractivity contribution in [3.05, 3.63) is 214 Å². The molecule has 12 aromatic rings. The monoisotopic (exact) mass is 1850 g/mol. The zero-order valence-corrected chi connectivity index (χ0v) is 72.9. The molecule has 0 saturated carbocycles. The third kappa shape index (κ3) is 16.6. The number of aliphatic hydroxyl groups is 3. The lowest BCUT2D eigenvalue weighted by Gasteiger charge is -2.33. The van der Waals surface area contributed by atoms with Gasteiger partial charge < -0.3 is 124 Å². The van der Waals surface area contributed by atoms with Gasteiger partial charge in [0, 0.05) is 77.4 Å². The SMILES string of the molecule is COCOc1c([C@@H](O)[C@H]2O[C@@H](n3ccc4c(C)ncnc43)[C@@H]3OC(C)(C)O[C@@H]32)ccc(F)c1F.COCOc1c([C@@H](O)[C@H]2O[C@@H](n3ccc4c(Cl)ncnc43)[C@@H]3OC(C)(C)O[C@@H]32)ccc(F)c1F.Cc1ncnc2c1ccn2[C@@H]1O[C@H]([C@@H]2OCOc3c2ccc(F)c3F)[C@H]2OC(C)(C)O[C@H]21.Cc1ncnc2c1ccn2[C@@H]1O[C@H]([C@H](O)c2ccc(F)c(F)c2O)[C@H]2OC(C)(C)O[C@H]21. The largest absolute Gasteiger partial charge is 0.504 e. The number of aryl methyl sites for hydroxylation is 3. The highest BCUT2D eigenvalue weighted by molar-refractivity contribution is 6.33. The Kier molecular flexibility index (Phi) is 24.5. The first-order valence-corrected chi connectivity index (χ1v) is 41.8. The smallest absolute Gasteiger partial charge is 0.201 e. The molecule has 131 heavy (non-hydrogen) atoms. The number of fused-ring (bicyclic) bond motifs is 9. The molecule has 34 nitrogen and oxygen atoms in total. The first kappa shape index (κ1) is 91.1. The number of aromatic hydroxyl groups is 1. The fourth-order valence-electron chi connectivity index (χ4n) is 18.2. The van der Waals surface area contributed by atoms with Gasteiger partial charge in [0.15, 0.2) is 115 Å². The van der Waals surface area contributed by atoms with Crippen molar-refractivity contribution in [3.8, 4) is 23.0 Å². The van der Waals surface area contributed by atoms with Gasteiger partial charge in [-0.15, -0.1) is 0 Å². The van der Waals surface area contributed by atoms with E-state index in [2.05, 4.69) is 39.9 Å². The highest BCUT2D eigenvalue weighted by atomic mass is 35.5. The van der Waals surface area contributed by atoms with Gasteiger partial charge in [0.05, 0.1) is 22.5 Å². The van der Waals surface area contributed by atoms with E-state index in [1.807, 2.05) is 69.8 Å². The zero-order valence-electron chi connectivity index (χ0n) is 72.1. The lowest BCUT2D eigenvalue weighted by Crippen LogP contribution is -2.37. The summed E-state index contributed by atoms with van der Waals surface area (Å²) in [6.45, 7) is 18.9. The van der Waals surface area contributed by atoms with Crippen molar-refractivity contribution in [2.24, 2.45) is 0 Å². The molecule has 0 aliphatic carbocycles. The molecule has 9 aliphatic heterocycles. The standard InChI is InChI=1S/C23H25F2N3O6.C22H22ClF2N3O6.C22H21F2N3O5.C21H21F2N3O5/c1-11-12-7-8-28(21(12)27-9-26-11)22-20-19(33-23(2,3)34-20)18(32-22)16(29)13-5-6-14(24)15(25)17(13)31-10-30-4;1-22(2)33-17-16(14(29)10-4-5-12(24)13(25)15(10)31-9-30-3)32-21(18(17)34-22)28-7-6-11-19(23)26-8-27-20(11)28;1-10-11-6-7-27(20(11)26-8-25-10)21-19-18(31-22(2,3)32-19)17(30-21)16-12-4-5-13(23)14(24)15(12)28-9-29-16;1-9-10-6-7-26(19(10)25-8-24-9)20-18-17(30-21(2,3)31-18)16(29-20)15(28)11-4-5-12(22)13(23)14(11)27/h5-9,16,18-20,22,29H,10H2,1-4H3;4-8,14,16-18,21,29H,9H2,1-3H3;4-8,16-19,21H,9H2,1-3H3;4-8,15-18,20,27-28H,1-3H3/t16-,18-,19-,20-,22-;14-,16-,17-,18-,21-;16-,17-,18-,19-,21-;15-,16-,17-,18-,20-/m1111/s1. The van der Waals surface area contributed by atoms with Gasteiger partial charge in [-0.1, -0.05) is 11.6 Å². The van der Waals surface area contributed by atoms with Crippen LogP contribution >= 0.6 is 11.6 Å². The number of phenols is 1. The number of rotatable bonds is 17.